The smallest absolute Gasteiger partial charge is 0.194 e. The van der Waals surface area contributed by atoms with Gasteiger partial charge in [-0.15, -0.1) is 34.2 Å². The van der Waals surface area contributed by atoms with Crippen molar-refractivity contribution in [2.45, 2.75) is 45.3 Å². The lowest BCUT2D eigenvalue weighted by atomic mass is 9.87. The minimum atomic E-state index is 0. The number of nitrogens with one attached hydrogen (secondary N) is 1. The molecule has 1 aromatic heterocycles. The van der Waals surface area contributed by atoms with Crippen LogP contribution in [0.5, 0.6) is 0 Å². The summed E-state index contributed by atoms with van der Waals surface area (Å²) in [4.78, 5) is 7.26. The summed E-state index contributed by atoms with van der Waals surface area (Å²) in [6, 6.07) is 0. The van der Waals surface area contributed by atoms with Crippen LogP contribution in [0.2, 0.25) is 0 Å². The van der Waals surface area contributed by atoms with Gasteiger partial charge in [-0.3, -0.25) is 0 Å². The molecule has 9 heteroatoms. The zero-order valence-electron chi connectivity index (χ0n) is 16.3. The first-order valence-corrected chi connectivity index (χ1v) is 9.73. The van der Waals surface area contributed by atoms with Crippen molar-refractivity contribution in [1.82, 2.24) is 25.0 Å². The second-order valence-electron chi connectivity index (χ2n) is 7.85. The lowest BCUT2D eigenvalue weighted by Crippen LogP contribution is -2.44. The fourth-order valence-electron chi connectivity index (χ4n) is 4.10. The normalized spacial score (nSPS) is 28.1. The van der Waals surface area contributed by atoms with E-state index in [2.05, 4.69) is 20.4 Å². The van der Waals surface area contributed by atoms with Crippen LogP contribution in [0.3, 0.4) is 0 Å². The van der Waals surface area contributed by atoms with Gasteiger partial charge in [0.05, 0.1) is 12.7 Å². The Morgan fingerprint density at radius 3 is 2.89 bits per heavy atom. The second-order valence-corrected chi connectivity index (χ2v) is 7.85. The lowest BCUT2D eigenvalue weighted by molar-refractivity contribution is 0.113. The summed E-state index contributed by atoms with van der Waals surface area (Å²) in [5.41, 5.74) is 0.313. The number of ether oxygens (including phenoxy) is 2. The molecule has 4 rings (SSSR count). The first-order valence-electron chi connectivity index (χ1n) is 9.73. The van der Waals surface area contributed by atoms with Crippen molar-refractivity contribution in [3.8, 4) is 0 Å². The first-order chi connectivity index (χ1) is 12.7. The maximum absolute atomic E-state index is 5.76. The van der Waals surface area contributed by atoms with Crippen molar-refractivity contribution in [3.05, 3.63) is 11.6 Å². The number of likely N-dealkylation sites (tertiary alicyclic amines) is 1. The van der Waals surface area contributed by atoms with Crippen molar-refractivity contribution in [2.24, 2.45) is 17.5 Å². The van der Waals surface area contributed by atoms with Gasteiger partial charge in [0.2, 0.25) is 0 Å². The minimum absolute atomic E-state index is 0. The van der Waals surface area contributed by atoms with Crippen LogP contribution in [-0.4, -0.2) is 71.2 Å². The third-order valence-electron chi connectivity index (χ3n) is 5.99. The number of aryl methyl sites for hydroxylation is 1. The van der Waals surface area contributed by atoms with Crippen LogP contribution in [0.25, 0.3) is 0 Å². The van der Waals surface area contributed by atoms with Crippen LogP contribution in [-0.2, 0) is 23.1 Å². The Balaban J connectivity index is 0.00000210. The van der Waals surface area contributed by atoms with Crippen LogP contribution in [0, 0.1) is 12.3 Å². The van der Waals surface area contributed by atoms with Crippen LogP contribution in [0.15, 0.2) is 4.99 Å². The Morgan fingerprint density at radius 1 is 1.33 bits per heavy atom. The molecule has 0 aromatic carbocycles. The summed E-state index contributed by atoms with van der Waals surface area (Å²) < 4.78 is 13.4. The molecule has 1 aromatic rings. The Hall–Kier alpha value is -0.940. The van der Waals surface area contributed by atoms with E-state index in [1.54, 1.807) is 0 Å². The van der Waals surface area contributed by atoms with Crippen molar-refractivity contribution < 1.29 is 9.47 Å². The molecule has 3 aliphatic rings. The summed E-state index contributed by atoms with van der Waals surface area (Å²) in [6.45, 7) is 8.00. The highest BCUT2D eigenvalue weighted by Crippen LogP contribution is 2.38. The quantitative estimate of drug-likeness (QED) is 0.392. The van der Waals surface area contributed by atoms with Gasteiger partial charge in [0, 0.05) is 45.3 Å². The van der Waals surface area contributed by atoms with Gasteiger partial charge in [-0.2, -0.15) is 0 Å². The van der Waals surface area contributed by atoms with Crippen LogP contribution >= 0.6 is 24.0 Å². The Morgan fingerprint density at radius 2 is 2.22 bits per heavy atom. The zero-order chi connectivity index (χ0) is 18.0. The number of rotatable bonds is 4. The maximum atomic E-state index is 5.76. The summed E-state index contributed by atoms with van der Waals surface area (Å²) in [5.74, 6) is 2.76. The van der Waals surface area contributed by atoms with Gasteiger partial charge in [-0.25, -0.2) is 4.99 Å². The first kappa shape index (κ1) is 20.8. The molecule has 152 valence electrons. The topological polar surface area (TPSA) is 76.8 Å². The van der Waals surface area contributed by atoms with Crippen LogP contribution < -0.4 is 5.32 Å². The van der Waals surface area contributed by atoms with Gasteiger partial charge in [-0.05, 0) is 32.6 Å². The fraction of sp³-hybridized carbons (Fsp3) is 0.833. The molecular formula is C18H31IN6O2. The molecule has 1 N–H and O–H groups in total. The Kier molecular flexibility index (Phi) is 6.96. The fourth-order valence-corrected chi connectivity index (χ4v) is 4.10. The molecule has 0 bridgehead atoms. The molecule has 0 saturated carbocycles. The van der Waals surface area contributed by atoms with Gasteiger partial charge in [0.1, 0.15) is 12.4 Å². The highest BCUT2D eigenvalue weighted by atomic mass is 127. The predicted molar refractivity (Wildman–Crippen MR) is 113 cm³/mol. The second kappa shape index (κ2) is 9.04. The molecular weight excluding hydrogens is 459 g/mol. The van der Waals surface area contributed by atoms with E-state index < -0.39 is 0 Å². The van der Waals surface area contributed by atoms with Gasteiger partial charge in [0.25, 0.3) is 0 Å². The summed E-state index contributed by atoms with van der Waals surface area (Å²) in [5, 5.41) is 11.9. The van der Waals surface area contributed by atoms with E-state index in [1.165, 1.54) is 6.42 Å². The molecule has 0 amide bonds. The summed E-state index contributed by atoms with van der Waals surface area (Å²) >= 11 is 0. The number of hydrogen-bond acceptors (Lipinski definition) is 5. The van der Waals surface area contributed by atoms with Crippen molar-refractivity contribution in [1.29, 1.82) is 0 Å². The number of guanidine groups is 1. The zero-order valence-corrected chi connectivity index (χ0v) is 18.6. The molecule has 1 spiro atoms. The van der Waals surface area contributed by atoms with E-state index >= 15 is 0 Å². The number of aromatic nitrogens is 3. The maximum Gasteiger partial charge on any atom is 0.194 e. The molecule has 3 fully saturated rings. The average Bonchev–Trinajstić information content (AvgIpc) is 3.43. The number of aliphatic imine (C=N–C) groups is 1. The van der Waals surface area contributed by atoms with E-state index in [-0.39, 0.29) is 24.0 Å². The van der Waals surface area contributed by atoms with Gasteiger partial charge in [-0.1, -0.05) is 0 Å². The van der Waals surface area contributed by atoms with Crippen molar-refractivity contribution in [3.63, 3.8) is 0 Å². The molecule has 3 aliphatic heterocycles. The van der Waals surface area contributed by atoms with E-state index in [0.717, 1.165) is 76.3 Å². The lowest BCUT2D eigenvalue weighted by Gasteiger charge is -2.26. The highest BCUT2D eigenvalue weighted by Gasteiger charge is 2.42. The Labute approximate surface area is 178 Å². The van der Waals surface area contributed by atoms with Crippen molar-refractivity contribution >= 4 is 29.9 Å². The summed E-state index contributed by atoms with van der Waals surface area (Å²) in [7, 11) is 1.99. The molecule has 27 heavy (non-hydrogen) atoms. The molecule has 0 aliphatic carbocycles. The van der Waals surface area contributed by atoms with E-state index in [0.29, 0.717) is 18.1 Å². The number of nitrogens with zero attached hydrogens (tertiary/aromatic N) is 5. The number of hydrogen-bond donors (Lipinski definition) is 1. The van der Waals surface area contributed by atoms with Gasteiger partial charge in [0.15, 0.2) is 11.8 Å². The highest BCUT2D eigenvalue weighted by molar-refractivity contribution is 14.0. The van der Waals surface area contributed by atoms with E-state index in [9.17, 15) is 0 Å². The van der Waals surface area contributed by atoms with Crippen LogP contribution in [0.4, 0.5) is 0 Å². The third kappa shape index (κ3) is 4.73. The predicted octanol–water partition coefficient (Wildman–Crippen LogP) is 1.48. The third-order valence-corrected chi connectivity index (χ3v) is 5.99. The molecule has 3 saturated heterocycles. The molecule has 4 heterocycles. The van der Waals surface area contributed by atoms with Gasteiger partial charge < -0.3 is 24.3 Å². The SMILES string of the molecule is Cc1nnc(CN=C(NCC2CCCO2)N2CCC3(CCOC3)C2)n1C.I. The van der Waals surface area contributed by atoms with E-state index in [1.807, 2.05) is 18.5 Å². The minimum Gasteiger partial charge on any atom is -0.381 e. The average molecular weight is 490 g/mol. The molecule has 0 radical (unpaired) electrons. The molecule has 8 nitrogen and oxygen atoms in total. The van der Waals surface area contributed by atoms with Crippen molar-refractivity contribution in [2.75, 3.05) is 39.5 Å². The molecule has 2 atom stereocenters. The standard InChI is InChI=1S/C18H30N6O2.HI/c1-14-21-22-16(23(14)2)11-20-17(19-10-15-4-3-8-26-15)24-7-5-18(12-24)6-9-25-13-18;/h15H,3-13H2,1-2H3,(H,19,20);1H. The van der Waals surface area contributed by atoms with E-state index in [4.69, 9.17) is 14.5 Å². The number of halogens is 1. The van der Waals surface area contributed by atoms with Gasteiger partial charge >= 0.3 is 0 Å². The van der Waals surface area contributed by atoms with Crippen LogP contribution in [0.1, 0.15) is 37.3 Å². The Bertz CT molecular complexity index is 652. The monoisotopic (exact) mass is 490 g/mol. The molecule has 2 unspecified atom stereocenters. The summed E-state index contributed by atoms with van der Waals surface area (Å²) in [6.07, 6.45) is 4.91. The largest absolute Gasteiger partial charge is 0.381 e.